The molecule has 7 aromatic carbocycles. The molecule has 2 fully saturated rings. The summed E-state index contributed by atoms with van der Waals surface area (Å²) in [6.07, 6.45) is 14.4. The van der Waals surface area contributed by atoms with Gasteiger partial charge in [0.1, 0.15) is 5.75 Å². The molecule has 2 aliphatic rings. The zero-order valence-electron chi connectivity index (χ0n) is 39.4. The Bertz CT molecular complexity index is 2970. The number of benzene rings is 7. The van der Waals surface area contributed by atoms with Gasteiger partial charge in [-0.15, -0.1) is 22.7 Å². The molecule has 2 aromatic heterocycles. The lowest BCUT2D eigenvalue weighted by molar-refractivity contribution is 0.416. The number of thiophene rings is 2. The van der Waals surface area contributed by atoms with E-state index >= 15 is 0 Å². The quantitative estimate of drug-likeness (QED) is 0.118. The van der Waals surface area contributed by atoms with E-state index in [1.54, 1.807) is 40.9 Å². The molecule has 11 rings (SSSR count). The maximum atomic E-state index is 8.58. The minimum atomic E-state index is -1.34. The van der Waals surface area contributed by atoms with Crippen molar-refractivity contribution < 1.29 is 14.8 Å². The van der Waals surface area contributed by atoms with Crippen molar-refractivity contribution in [2.24, 2.45) is 0 Å². The van der Waals surface area contributed by atoms with E-state index in [0.717, 1.165) is 21.5 Å². The summed E-state index contributed by atoms with van der Waals surface area (Å²) in [5, 5.41) is 21.4. The fraction of sp³-hybridized carbons (Fsp3) is 0.233. The highest BCUT2D eigenvalue weighted by Crippen LogP contribution is 2.57. The fourth-order valence-corrected chi connectivity index (χ4v) is 17.3. The Labute approximate surface area is 435 Å². The third-order valence-corrected chi connectivity index (χ3v) is 21.4. The normalized spacial score (nSPS) is 14.0. The van der Waals surface area contributed by atoms with Crippen LogP contribution in [0.1, 0.15) is 69.8 Å². The predicted molar refractivity (Wildman–Crippen MR) is 310 cm³/mol. The van der Waals surface area contributed by atoms with Crippen LogP contribution in [0.25, 0.3) is 52.9 Å². The first-order valence-electron chi connectivity index (χ1n) is 24.2. The molecule has 3 nitrogen and oxygen atoms in total. The molecule has 0 amide bonds. The van der Waals surface area contributed by atoms with Gasteiger partial charge in [-0.25, -0.2) is 0 Å². The molecular formula is C60H60BBr2O3PS2. The molecule has 0 saturated heterocycles. The monoisotopic (exact) mass is 1090 g/mol. The van der Waals surface area contributed by atoms with Gasteiger partial charge in [-0.2, -0.15) is 0 Å². The van der Waals surface area contributed by atoms with Crippen LogP contribution in [-0.4, -0.2) is 35.6 Å². The third-order valence-electron chi connectivity index (χ3n) is 13.1. The summed E-state index contributed by atoms with van der Waals surface area (Å²) in [6, 6.07) is 62.8. The molecule has 9 heteroatoms. The summed E-state index contributed by atoms with van der Waals surface area (Å²) in [6.45, 7) is 2.23. The van der Waals surface area contributed by atoms with Crippen LogP contribution in [-0.2, 0) is 0 Å². The van der Waals surface area contributed by atoms with E-state index in [1.807, 2.05) is 30.6 Å². The average Bonchev–Trinajstić information content (AvgIpc) is 3.94. The lowest BCUT2D eigenvalue weighted by Crippen LogP contribution is -2.29. The number of aryl methyl sites for hydroxylation is 1. The number of hydrogen-bond donors (Lipinski definition) is 2. The second-order valence-corrected chi connectivity index (χ2v) is 24.6. The van der Waals surface area contributed by atoms with Gasteiger partial charge in [-0.1, -0.05) is 210 Å². The largest absolute Gasteiger partial charge is 0.496 e. The average molecular weight is 1090 g/mol. The zero-order chi connectivity index (χ0) is 48.0. The van der Waals surface area contributed by atoms with Gasteiger partial charge >= 0.3 is 7.12 Å². The van der Waals surface area contributed by atoms with E-state index in [0.29, 0.717) is 5.46 Å². The van der Waals surface area contributed by atoms with Gasteiger partial charge in [-0.05, 0) is 127 Å². The molecule has 69 heavy (non-hydrogen) atoms. The van der Waals surface area contributed by atoms with E-state index in [4.69, 9.17) is 14.8 Å². The molecule has 2 aliphatic carbocycles. The topological polar surface area (TPSA) is 49.7 Å². The molecule has 2 heterocycles. The predicted octanol–water partition coefficient (Wildman–Crippen LogP) is 17.5. The van der Waals surface area contributed by atoms with Crippen molar-refractivity contribution in [3.8, 4) is 38.4 Å². The summed E-state index contributed by atoms with van der Waals surface area (Å²) in [5.41, 5.74) is 10.4. The first kappa shape index (κ1) is 51.0. The highest BCUT2D eigenvalue weighted by Gasteiger charge is 2.34. The van der Waals surface area contributed by atoms with Crippen molar-refractivity contribution in [2.45, 2.75) is 82.4 Å². The van der Waals surface area contributed by atoms with Crippen molar-refractivity contribution in [3.05, 3.63) is 196 Å². The molecule has 0 bridgehead atoms. The maximum absolute atomic E-state index is 8.58. The minimum absolute atomic E-state index is 0.122. The Hall–Kier alpha value is -4.37. The van der Waals surface area contributed by atoms with Crippen LogP contribution >= 0.6 is 62.5 Å². The third kappa shape index (κ3) is 12.9. The Morgan fingerprint density at radius 3 is 1.59 bits per heavy atom. The molecular weight excluding hydrogens is 1030 g/mol. The number of halogens is 2. The maximum Gasteiger partial charge on any atom is 0.488 e. The van der Waals surface area contributed by atoms with Crippen LogP contribution in [0.2, 0.25) is 0 Å². The molecule has 352 valence electrons. The Morgan fingerprint density at radius 1 is 0.522 bits per heavy atom. The van der Waals surface area contributed by atoms with Gasteiger partial charge in [0.05, 0.1) is 15.4 Å². The van der Waals surface area contributed by atoms with Crippen LogP contribution in [0.15, 0.2) is 190 Å². The molecule has 0 unspecified atom stereocenters. The Morgan fingerprint density at radius 2 is 1.03 bits per heavy atom. The number of hydrogen-bond acceptors (Lipinski definition) is 5. The van der Waals surface area contributed by atoms with Crippen molar-refractivity contribution in [3.63, 3.8) is 0 Å². The number of rotatable bonds is 8. The fourth-order valence-electron chi connectivity index (χ4n) is 9.82. The van der Waals surface area contributed by atoms with E-state index in [-0.39, 0.29) is 7.92 Å². The second kappa shape index (κ2) is 25.7. The van der Waals surface area contributed by atoms with Crippen LogP contribution in [0, 0.1) is 6.92 Å². The van der Waals surface area contributed by atoms with Crippen LogP contribution in [0.3, 0.4) is 0 Å². The minimum Gasteiger partial charge on any atom is -0.496 e. The molecule has 0 aliphatic heterocycles. The van der Waals surface area contributed by atoms with Crippen molar-refractivity contribution in [1.29, 1.82) is 0 Å². The first-order valence-corrected chi connectivity index (χ1v) is 28.9. The van der Waals surface area contributed by atoms with E-state index in [2.05, 4.69) is 184 Å². The molecule has 0 spiro atoms. The summed E-state index contributed by atoms with van der Waals surface area (Å²) in [5.74, 6) is 1.02. The van der Waals surface area contributed by atoms with Gasteiger partial charge < -0.3 is 14.8 Å². The summed E-state index contributed by atoms with van der Waals surface area (Å²) in [7, 11) is 0.348. The number of fused-ring (bicyclic) bond motifs is 2. The molecule has 2 saturated carbocycles. The van der Waals surface area contributed by atoms with Gasteiger partial charge in [-0.3, -0.25) is 0 Å². The van der Waals surface area contributed by atoms with E-state index in [9.17, 15) is 0 Å². The molecule has 0 radical (unpaired) electrons. The zero-order valence-corrected chi connectivity index (χ0v) is 45.1. The highest BCUT2D eigenvalue weighted by atomic mass is 79.9. The lowest BCUT2D eigenvalue weighted by Gasteiger charge is -2.39. The number of ether oxygens (including phenoxy) is 1. The van der Waals surface area contributed by atoms with Crippen molar-refractivity contribution in [2.75, 3.05) is 7.11 Å². The van der Waals surface area contributed by atoms with Gasteiger partial charge in [0.15, 0.2) is 0 Å². The standard InChI is InChI=1S/C26H35OP.C20H14S.C8H4Br2S.C6H7BO2/c1-20-12-11-18-24(27-2)26(20)23-17-9-10-19-25(23)28(21-13-5-3-6-14-21)22-15-7-4-8-16-22;1-3-9-15(10-4-1)19-17-13-7-8-14-18(17)21-20(19)16-11-5-2-6-12-16;9-7-5-3-1-2-4-6(5)11-8(7)10;8-7(9)6-4-2-1-3-5-6/h9-12,17-19,21-22H,3-8,13-16H2,1-2H3;1-14H;1-4H;1-5,8-9H. The second-order valence-electron chi connectivity index (χ2n) is 17.7. The Balaban J connectivity index is 0.000000136. The van der Waals surface area contributed by atoms with Crippen LogP contribution < -0.4 is 15.5 Å². The SMILES string of the molecule is Brc1sc2ccccc2c1Br.COc1cccc(C)c1-c1ccccc1P(C1CCCCC1)C1CCCCC1.OB(O)c1ccccc1.c1ccc(-c2sc3ccccc3c2-c2ccccc2)cc1. The molecule has 2 N–H and O–H groups in total. The Kier molecular flexibility index (Phi) is 19.0. The molecule has 0 atom stereocenters. The van der Waals surface area contributed by atoms with E-state index < -0.39 is 7.12 Å². The van der Waals surface area contributed by atoms with Crippen molar-refractivity contribution >= 4 is 101 Å². The highest BCUT2D eigenvalue weighted by molar-refractivity contribution is 9.13. The molecule has 9 aromatic rings. The van der Waals surface area contributed by atoms with Crippen LogP contribution in [0.5, 0.6) is 5.75 Å². The summed E-state index contributed by atoms with van der Waals surface area (Å²) < 4.78 is 10.8. The van der Waals surface area contributed by atoms with Crippen molar-refractivity contribution in [1.82, 2.24) is 0 Å². The smallest absolute Gasteiger partial charge is 0.488 e. The van der Waals surface area contributed by atoms with E-state index in [1.165, 1.54) is 126 Å². The van der Waals surface area contributed by atoms with Gasteiger partial charge in [0, 0.05) is 36.2 Å². The lowest BCUT2D eigenvalue weighted by atomic mass is 9.81. The van der Waals surface area contributed by atoms with Gasteiger partial charge in [0.25, 0.3) is 0 Å². The van der Waals surface area contributed by atoms with Crippen LogP contribution in [0.4, 0.5) is 0 Å². The van der Waals surface area contributed by atoms with Gasteiger partial charge in [0.2, 0.25) is 0 Å². The summed E-state index contributed by atoms with van der Waals surface area (Å²) >= 11 is 10.6. The number of methoxy groups -OCH3 is 1. The summed E-state index contributed by atoms with van der Waals surface area (Å²) in [4.78, 5) is 1.35. The first-order chi connectivity index (χ1) is 33.8.